The minimum atomic E-state index is 0.755. The molecule has 0 atom stereocenters. The van der Waals surface area contributed by atoms with Crippen molar-refractivity contribution in [2.75, 3.05) is 32.8 Å². The highest BCUT2D eigenvalue weighted by molar-refractivity contribution is 5.59. The molecule has 1 fully saturated rings. The molecule has 0 saturated carbocycles. The quantitative estimate of drug-likeness (QED) is 0.795. The van der Waals surface area contributed by atoms with E-state index >= 15 is 0 Å². The lowest BCUT2D eigenvalue weighted by Crippen LogP contribution is -2.36. The van der Waals surface area contributed by atoms with Crippen LogP contribution in [0.1, 0.15) is 11.3 Å². The highest BCUT2D eigenvalue weighted by Gasteiger charge is 2.08. The van der Waals surface area contributed by atoms with Crippen molar-refractivity contribution in [1.82, 2.24) is 15.1 Å². The van der Waals surface area contributed by atoms with Crippen LogP contribution in [0.25, 0.3) is 11.3 Å². The monoisotopic (exact) mass is 293 g/mol. The molecule has 0 bridgehead atoms. The average Bonchev–Trinajstić information content (AvgIpc) is 2.58. The molecule has 0 amide bonds. The van der Waals surface area contributed by atoms with E-state index in [0.717, 1.165) is 55.4 Å². The molecule has 1 aromatic heterocycles. The zero-order valence-corrected chi connectivity index (χ0v) is 12.7. The molecule has 0 radical (unpaired) electrons. The Kier molecular flexibility index (Phi) is 4.79. The Hall–Kier alpha value is -2.22. The van der Waals surface area contributed by atoms with Gasteiger partial charge in [0.1, 0.15) is 5.69 Å². The van der Waals surface area contributed by atoms with Gasteiger partial charge in [0, 0.05) is 18.7 Å². The van der Waals surface area contributed by atoms with E-state index < -0.39 is 0 Å². The van der Waals surface area contributed by atoms with Crippen molar-refractivity contribution >= 4 is 0 Å². The zero-order valence-electron chi connectivity index (χ0n) is 12.7. The molecule has 4 heteroatoms. The molecule has 3 rings (SSSR count). The minimum absolute atomic E-state index is 0.755. The summed E-state index contributed by atoms with van der Waals surface area (Å²) in [6, 6.07) is 12.1. The first-order valence-electron chi connectivity index (χ1n) is 7.51. The summed E-state index contributed by atoms with van der Waals surface area (Å²) in [7, 11) is 0. The smallest absolute Gasteiger partial charge is 0.138 e. The Morgan fingerprint density at radius 3 is 2.64 bits per heavy atom. The molecule has 1 aliphatic rings. The predicted molar refractivity (Wildman–Crippen MR) is 86.3 cm³/mol. The molecule has 4 nitrogen and oxygen atoms in total. The lowest BCUT2D eigenvalue weighted by molar-refractivity contribution is 0.0443. The van der Waals surface area contributed by atoms with Crippen LogP contribution in [0.5, 0.6) is 0 Å². The van der Waals surface area contributed by atoms with E-state index in [1.54, 1.807) is 0 Å². The highest BCUT2D eigenvalue weighted by atomic mass is 16.5. The summed E-state index contributed by atoms with van der Waals surface area (Å²) in [6.07, 6.45) is 0. The van der Waals surface area contributed by atoms with Gasteiger partial charge in [-0.2, -0.15) is 0 Å². The number of morpholine rings is 1. The van der Waals surface area contributed by atoms with Gasteiger partial charge in [-0.05, 0) is 24.5 Å². The van der Waals surface area contributed by atoms with Crippen LogP contribution in [0.2, 0.25) is 0 Å². The number of hydrogen-bond acceptors (Lipinski definition) is 4. The number of aromatic nitrogens is 2. The van der Waals surface area contributed by atoms with Crippen LogP contribution < -0.4 is 0 Å². The summed E-state index contributed by atoms with van der Waals surface area (Å²) in [4.78, 5) is 2.29. The van der Waals surface area contributed by atoms with E-state index in [4.69, 9.17) is 4.74 Å². The van der Waals surface area contributed by atoms with Crippen molar-refractivity contribution in [3.05, 3.63) is 47.7 Å². The lowest BCUT2D eigenvalue weighted by atomic mass is 10.1. The molecule has 1 saturated heterocycles. The molecule has 22 heavy (non-hydrogen) atoms. The Morgan fingerprint density at radius 2 is 1.91 bits per heavy atom. The summed E-state index contributed by atoms with van der Waals surface area (Å²) >= 11 is 0. The molecule has 1 aliphatic heterocycles. The van der Waals surface area contributed by atoms with Gasteiger partial charge in [0.25, 0.3) is 0 Å². The molecule has 0 aliphatic carbocycles. The van der Waals surface area contributed by atoms with Gasteiger partial charge in [-0.1, -0.05) is 36.3 Å². The van der Waals surface area contributed by atoms with Crippen LogP contribution in [0, 0.1) is 18.8 Å². The fraction of sp³-hybridized carbons (Fsp3) is 0.333. The SMILES string of the molecule is Cc1cc(-c2ccccc2)nnc1C#CCN1CCOCC1. The third-order valence-electron chi connectivity index (χ3n) is 3.67. The number of benzene rings is 1. The summed E-state index contributed by atoms with van der Waals surface area (Å²) in [5.41, 5.74) is 3.78. The zero-order chi connectivity index (χ0) is 15.2. The summed E-state index contributed by atoms with van der Waals surface area (Å²) in [5.74, 6) is 6.32. The molecule has 0 spiro atoms. The van der Waals surface area contributed by atoms with E-state index in [1.807, 2.05) is 43.3 Å². The number of nitrogens with zero attached hydrogens (tertiary/aromatic N) is 3. The fourth-order valence-corrected chi connectivity index (χ4v) is 2.35. The molecule has 0 N–H and O–H groups in total. The van der Waals surface area contributed by atoms with E-state index in [0.29, 0.717) is 0 Å². The second-order valence-corrected chi connectivity index (χ2v) is 5.32. The number of ether oxygens (including phenoxy) is 1. The molecular weight excluding hydrogens is 274 g/mol. The van der Waals surface area contributed by atoms with Gasteiger partial charge in [0.2, 0.25) is 0 Å². The van der Waals surface area contributed by atoms with Crippen molar-refractivity contribution in [3.8, 4) is 23.1 Å². The maximum absolute atomic E-state index is 5.33. The molecule has 1 aromatic carbocycles. The van der Waals surface area contributed by atoms with Crippen molar-refractivity contribution < 1.29 is 4.74 Å². The fourth-order valence-electron chi connectivity index (χ4n) is 2.35. The maximum Gasteiger partial charge on any atom is 0.138 e. The highest BCUT2D eigenvalue weighted by Crippen LogP contribution is 2.17. The predicted octanol–water partition coefficient (Wildman–Crippen LogP) is 2.14. The summed E-state index contributed by atoms with van der Waals surface area (Å²) in [6.45, 7) is 6.28. The van der Waals surface area contributed by atoms with Crippen LogP contribution in [0.3, 0.4) is 0 Å². The van der Waals surface area contributed by atoms with Crippen LogP contribution in [0.4, 0.5) is 0 Å². The number of aryl methyl sites for hydroxylation is 1. The minimum Gasteiger partial charge on any atom is -0.379 e. The van der Waals surface area contributed by atoms with Gasteiger partial charge in [-0.15, -0.1) is 10.2 Å². The third-order valence-corrected chi connectivity index (χ3v) is 3.67. The van der Waals surface area contributed by atoms with Crippen LogP contribution in [-0.4, -0.2) is 47.9 Å². The molecule has 0 unspecified atom stereocenters. The van der Waals surface area contributed by atoms with E-state index in [-0.39, 0.29) is 0 Å². The van der Waals surface area contributed by atoms with Gasteiger partial charge in [-0.3, -0.25) is 4.90 Å². The second-order valence-electron chi connectivity index (χ2n) is 5.32. The van der Waals surface area contributed by atoms with Crippen molar-refractivity contribution in [2.24, 2.45) is 0 Å². The first-order chi connectivity index (χ1) is 10.8. The molecule has 2 heterocycles. The van der Waals surface area contributed by atoms with Crippen LogP contribution in [-0.2, 0) is 4.74 Å². The number of hydrogen-bond donors (Lipinski definition) is 0. The second kappa shape index (κ2) is 7.17. The molecule has 112 valence electrons. The normalized spacial score (nSPS) is 15.1. The summed E-state index contributed by atoms with van der Waals surface area (Å²) < 4.78 is 5.33. The standard InChI is InChI=1S/C18H19N3O/c1-15-14-18(16-6-3-2-4-7-16)20-19-17(15)8-5-9-21-10-12-22-13-11-21/h2-4,6-7,14H,9-13H2,1H3. The first kappa shape index (κ1) is 14.7. The van der Waals surface area contributed by atoms with Crippen molar-refractivity contribution in [1.29, 1.82) is 0 Å². The Bertz CT molecular complexity index is 682. The van der Waals surface area contributed by atoms with Crippen LogP contribution in [0.15, 0.2) is 36.4 Å². The first-order valence-corrected chi connectivity index (χ1v) is 7.51. The van der Waals surface area contributed by atoms with Gasteiger partial charge in [-0.25, -0.2) is 0 Å². The molecular formula is C18H19N3O. The Labute approximate surface area is 131 Å². The van der Waals surface area contributed by atoms with E-state index in [2.05, 4.69) is 26.9 Å². The maximum atomic E-state index is 5.33. The van der Waals surface area contributed by atoms with Gasteiger partial charge >= 0.3 is 0 Å². The largest absolute Gasteiger partial charge is 0.379 e. The van der Waals surface area contributed by atoms with Crippen molar-refractivity contribution in [3.63, 3.8) is 0 Å². The van der Waals surface area contributed by atoms with E-state index in [9.17, 15) is 0 Å². The topological polar surface area (TPSA) is 38.2 Å². The Balaban J connectivity index is 1.70. The number of rotatable bonds is 2. The van der Waals surface area contributed by atoms with Gasteiger partial charge < -0.3 is 4.74 Å². The summed E-state index contributed by atoms with van der Waals surface area (Å²) in [5, 5.41) is 8.56. The lowest BCUT2D eigenvalue weighted by Gasteiger charge is -2.24. The van der Waals surface area contributed by atoms with E-state index in [1.165, 1.54) is 0 Å². The average molecular weight is 293 g/mol. The van der Waals surface area contributed by atoms with Crippen LogP contribution >= 0.6 is 0 Å². The van der Waals surface area contributed by atoms with Gasteiger partial charge in [0.15, 0.2) is 0 Å². The Morgan fingerprint density at radius 1 is 1.14 bits per heavy atom. The van der Waals surface area contributed by atoms with Gasteiger partial charge in [0.05, 0.1) is 25.5 Å². The molecule has 2 aromatic rings. The van der Waals surface area contributed by atoms with Crippen molar-refractivity contribution in [2.45, 2.75) is 6.92 Å². The third kappa shape index (κ3) is 3.70.